The summed E-state index contributed by atoms with van der Waals surface area (Å²) in [5.41, 5.74) is 0. The van der Waals surface area contributed by atoms with Gasteiger partial charge in [0.15, 0.2) is 6.10 Å². The summed E-state index contributed by atoms with van der Waals surface area (Å²) >= 11 is 0. The highest BCUT2D eigenvalue weighted by Gasteiger charge is 2.42. The van der Waals surface area contributed by atoms with Gasteiger partial charge in [-0.05, 0) is 45.4 Å². The fourth-order valence-corrected chi connectivity index (χ4v) is 4.50. The Labute approximate surface area is 153 Å². The van der Waals surface area contributed by atoms with Gasteiger partial charge in [-0.15, -0.1) is 0 Å². The lowest BCUT2D eigenvalue weighted by atomic mass is 9.67. The normalized spacial score (nSPS) is 29.7. The molecule has 3 aliphatic carbocycles. The third-order valence-corrected chi connectivity index (χ3v) is 5.97. The van der Waals surface area contributed by atoms with E-state index in [1.807, 2.05) is 0 Å². The van der Waals surface area contributed by atoms with Gasteiger partial charge in [-0.25, -0.2) is 4.79 Å². The summed E-state index contributed by atoms with van der Waals surface area (Å²) in [6, 6.07) is -0.428. The number of amides is 3. The van der Waals surface area contributed by atoms with Gasteiger partial charge >= 0.3 is 12.0 Å². The van der Waals surface area contributed by atoms with Crippen LogP contribution in [0.25, 0.3) is 0 Å². The van der Waals surface area contributed by atoms with Crippen LogP contribution in [0.3, 0.4) is 0 Å². The first kappa shape index (κ1) is 18.9. The van der Waals surface area contributed by atoms with Crippen LogP contribution in [0.5, 0.6) is 0 Å². The molecule has 0 aromatic carbocycles. The maximum absolute atomic E-state index is 12.4. The molecule has 2 bridgehead atoms. The van der Waals surface area contributed by atoms with E-state index in [-0.39, 0.29) is 29.6 Å². The average molecular weight is 364 g/mol. The van der Waals surface area contributed by atoms with Gasteiger partial charge in [0.1, 0.15) is 5.78 Å². The molecule has 0 aromatic rings. The Bertz CT molecular complexity index is 568. The lowest BCUT2D eigenvalue weighted by Crippen LogP contribution is -2.48. The van der Waals surface area contributed by atoms with E-state index in [2.05, 4.69) is 10.6 Å². The standard InChI is InChI=1S/C19H28N2O5/c1-11(17(23)21-19(25)20-15-7-2-3-8-15)26-18(24)14-9-12-5-4-6-13(10-14)16(12)22/h11-15H,2-10H2,1H3,(H2,20,21,23,25)/t11-,12-,13+,14?/m1/s1. The molecular formula is C19H28N2O5. The summed E-state index contributed by atoms with van der Waals surface area (Å²) in [6.45, 7) is 1.46. The van der Waals surface area contributed by atoms with Crippen LogP contribution in [0.4, 0.5) is 4.79 Å². The molecule has 0 aliphatic heterocycles. The molecule has 3 rings (SSSR count). The second-order valence-corrected chi connectivity index (χ2v) is 7.92. The predicted octanol–water partition coefficient (Wildman–Crippen LogP) is 2.08. The number of ketones is 1. The van der Waals surface area contributed by atoms with Crippen molar-refractivity contribution < 1.29 is 23.9 Å². The van der Waals surface area contributed by atoms with E-state index in [4.69, 9.17) is 4.74 Å². The summed E-state index contributed by atoms with van der Waals surface area (Å²) in [5, 5.41) is 5.01. The second-order valence-electron chi connectivity index (χ2n) is 7.92. The monoisotopic (exact) mass is 364 g/mol. The van der Waals surface area contributed by atoms with E-state index in [1.165, 1.54) is 6.92 Å². The Kier molecular flexibility index (Phi) is 5.94. The van der Waals surface area contributed by atoms with Crippen LogP contribution in [0.1, 0.15) is 64.7 Å². The molecule has 26 heavy (non-hydrogen) atoms. The zero-order chi connectivity index (χ0) is 18.7. The summed E-state index contributed by atoms with van der Waals surface area (Å²) in [4.78, 5) is 48.4. The van der Waals surface area contributed by atoms with Crippen LogP contribution in [-0.4, -0.2) is 35.8 Å². The molecule has 3 amide bonds. The number of hydrogen-bond donors (Lipinski definition) is 2. The summed E-state index contributed by atoms with van der Waals surface area (Å²) in [6.07, 6.45) is 6.75. The Morgan fingerprint density at radius 3 is 2.23 bits per heavy atom. The molecule has 4 atom stereocenters. The largest absolute Gasteiger partial charge is 0.452 e. The van der Waals surface area contributed by atoms with E-state index >= 15 is 0 Å². The Morgan fingerprint density at radius 2 is 1.62 bits per heavy atom. The highest BCUT2D eigenvalue weighted by molar-refractivity contribution is 5.97. The quantitative estimate of drug-likeness (QED) is 0.744. The molecule has 0 radical (unpaired) electrons. The molecule has 0 aromatic heterocycles. The number of carbonyl (C=O) groups excluding carboxylic acids is 4. The number of esters is 1. The second kappa shape index (κ2) is 8.18. The third kappa shape index (κ3) is 4.43. The molecule has 0 saturated heterocycles. The van der Waals surface area contributed by atoms with Gasteiger partial charge in [0.25, 0.3) is 5.91 Å². The van der Waals surface area contributed by atoms with Crippen molar-refractivity contribution in [1.82, 2.24) is 10.6 Å². The van der Waals surface area contributed by atoms with Gasteiger partial charge in [-0.1, -0.05) is 19.3 Å². The number of fused-ring (bicyclic) bond motifs is 2. The molecule has 7 nitrogen and oxygen atoms in total. The van der Waals surface area contributed by atoms with Crippen LogP contribution in [0, 0.1) is 17.8 Å². The Hall–Kier alpha value is -1.92. The minimum Gasteiger partial charge on any atom is -0.452 e. The molecule has 2 N–H and O–H groups in total. The molecule has 1 unspecified atom stereocenters. The lowest BCUT2D eigenvalue weighted by molar-refractivity contribution is -0.162. The van der Waals surface area contributed by atoms with Gasteiger partial charge in [0.2, 0.25) is 0 Å². The summed E-state index contributed by atoms with van der Waals surface area (Å²) in [5.74, 6) is -1.18. The van der Waals surface area contributed by atoms with Crippen LogP contribution in [0.2, 0.25) is 0 Å². The number of urea groups is 1. The molecule has 3 saturated carbocycles. The third-order valence-electron chi connectivity index (χ3n) is 5.97. The first-order chi connectivity index (χ1) is 12.4. The zero-order valence-electron chi connectivity index (χ0n) is 15.3. The Balaban J connectivity index is 1.45. The van der Waals surface area contributed by atoms with Crippen molar-refractivity contribution in [1.29, 1.82) is 0 Å². The average Bonchev–Trinajstić information content (AvgIpc) is 3.07. The van der Waals surface area contributed by atoms with Crippen molar-refractivity contribution in [2.75, 3.05) is 0 Å². The van der Waals surface area contributed by atoms with Crippen molar-refractivity contribution in [2.45, 2.75) is 76.9 Å². The van der Waals surface area contributed by atoms with Gasteiger partial charge in [-0.3, -0.25) is 19.7 Å². The number of rotatable bonds is 4. The van der Waals surface area contributed by atoms with Crippen molar-refractivity contribution >= 4 is 23.7 Å². The van der Waals surface area contributed by atoms with Gasteiger partial charge in [0, 0.05) is 17.9 Å². The minimum atomic E-state index is -1.03. The number of Topliss-reactive ketones (excluding diaryl/α,β-unsaturated/α-hetero) is 1. The van der Waals surface area contributed by atoms with Crippen molar-refractivity contribution in [3.8, 4) is 0 Å². The number of nitrogens with one attached hydrogen (secondary N) is 2. The Morgan fingerprint density at radius 1 is 1.00 bits per heavy atom. The highest BCUT2D eigenvalue weighted by Crippen LogP contribution is 2.40. The van der Waals surface area contributed by atoms with Gasteiger partial charge in [0.05, 0.1) is 5.92 Å². The van der Waals surface area contributed by atoms with E-state index < -0.39 is 24.0 Å². The molecule has 0 heterocycles. The van der Waals surface area contributed by atoms with E-state index in [1.54, 1.807) is 0 Å². The maximum Gasteiger partial charge on any atom is 0.321 e. The van der Waals surface area contributed by atoms with Crippen molar-refractivity contribution in [3.63, 3.8) is 0 Å². The SMILES string of the molecule is C[C@@H](OC(=O)C1C[C@H]2CCC[C@@H](C1)C2=O)C(=O)NC(=O)NC1CCCC1. The molecule has 144 valence electrons. The topological polar surface area (TPSA) is 102 Å². The predicted molar refractivity (Wildman–Crippen MR) is 93.0 cm³/mol. The minimum absolute atomic E-state index is 0.0404. The molecule has 3 fully saturated rings. The van der Waals surface area contributed by atoms with E-state index in [0.29, 0.717) is 12.8 Å². The number of ether oxygens (including phenoxy) is 1. The number of carbonyl (C=O) groups is 4. The molecule has 3 aliphatic rings. The van der Waals surface area contributed by atoms with E-state index in [9.17, 15) is 19.2 Å². The molecule has 7 heteroatoms. The number of hydrogen-bond acceptors (Lipinski definition) is 5. The fraction of sp³-hybridized carbons (Fsp3) is 0.789. The summed E-state index contributed by atoms with van der Waals surface area (Å²) in [7, 11) is 0. The first-order valence-corrected chi connectivity index (χ1v) is 9.79. The number of imide groups is 1. The fourth-order valence-electron chi connectivity index (χ4n) is 4.50. The lowest BCUT2D eigenvalue weighted by Gasteiger charge is -2.36. The van der Waals surface area contributed by atoms with Crippen LogP contribution in [0.15, 0.2) is 0 Å². The van der Waals surface area contributed by atoms with E-state index in [0.717, 1.165) is 44.9 Å². The summed E-state index contributed by atoms with van der Waals surface area (Å²) < 4.78 is 5.28. The highest BCUT2D eigenvalue weighted by atomic mass is 16.5. The van der Waals surface area contributed by atoms with Crippen molar-refractivity contribution in [3.05, 3.63) is 0 Å². The maximum atomic E-state index is 12.4. The van der Waals surface area contributed by atoms with Crippen LogP contribution >= 0.6 is 0 Å². The zero-order valence-corrected chi connectivity index (χ0v) is 15.3. The molecular weight excluding hydrogens is 336 g/mol. The van der Waals surface area contributed by atoms with Gasteiger partial charge in [-0.2, -0.15) is 0 Å². The first-order valence-electron chi connectivity index (χ1n) is 9.79. The smallest absolute Gasteiger partial charge is 0.321 e. The van der Waals surface area contributed by atoms with Crippen LogP contribution < -0.4 is 10.6 Å². The van der Waals surface area contributed by atoms with Gasteiger partial charge < -0.3 is 10.1 Å². The van der Waals surface area contributed by atoms with Crippen LogP contribution in [-0.2, 0) is 19.1 Å². The van der Waals surface area contributed by atoms with Crippen molar-refractivity contribution in [2.24, 2.45) is 17.8 Å². The molecule has 0 spiro atoms.